The maximum Gasteiger partial charge on any atom is 0.120 e. The molecule has 1 aliphatic rings. The zero-order valence-corrected chi connectivity index (χ0v) is 19.7. The Kier molecular flexibility index (Phi) is 5.70. The summed E-state index contributed by atoms with van der Waals surface area (Å²) in [6.07, 6.45) is -0.0193. The molecule has 0 aliphatic heterocycles. The van der Waals surface area contributed by atoms with Crippen molar-refractivity contribution in [2.75, 3.05) is 0 Å². The van der Waals surface area contributed by atoms with E-state index in [1.165, 1.54) is 27.8 Å². The minimum atomic E-state index is -1.03. The Morgan fingerprint density at radius 3 is 2.24 bits per heavy atom. The molecule has 0 bridgehead atoms. The van der Waals surface area contributed by atoms with Crippen LogP contribution in [0.4, 0.5) is 0 Å². The Hall–Kier alpha value is -3.85. The van der Waals surface area contributed by atoms with Crippen LogP contribution in [-0.4, -0.2) is 5.97 Å². The van der Waals surface area contributed by atoms with Gasteiger partial charge < -0.3 is 14.6 Å². The summed E-state index contributed by atoms with van der Waals surface area (Å²) in [6.45, 7) is 6.93. The molecule has 34 heavy (non-hydrogen) atoms. The Morgan fingerprint density at radius 2 is 1.47 bits per heavy atom. The lowest BCUT2D eigenvalue weighted by Gasteiger charge is -2.17. The second kappa shape index (κ2) is 8.83. The standard InChI is InChI=1S/C31H28O3/c1-19-8-6-9-20(2)31(19)24-13-7-10-22(21(24)3)18-34-23-14-15-27-28(16-23)25-11-4-5-12-26(25)29(27)17-30(32)33/h4-16,29H,17-18H2,1-3H3,(H,32,33)/p-1. The summed E-state index contributed by atoms with van der Waals surface area (Å²) in [5.41, 5.74) is 11.6. The summed E-state index contributed by atoms with van der Waals surface area (Å²) >= 11 is 0. The summed E-state index contributed by atoms with van der Waals surface area (Å²) in [4.78, 5) is 11.4. The summed E-state index contributed by atoms with van der Waals surface area (Å²) in [6, 6.07) is 26.8. The highest BCUT2D eigenvalue weighted by Crippen LogP contribution is 2.47. The average Bonchev–Trinajstić information content (AvgIpc) is 3.12. The number of hydrogen-bond donors (Lipinski definition) is 0. The van der Waals surface area contributed by atoms with Gasteiger partial charge in [0.25, 0.3) is 0 Å². The number of carbonyl (C=O) groups is 1. The van der Waals surface area contributed by atoms with E-state index in [1.54, 1.807) is 0 Å². The Balaban J connectivity index is 1.44. The third-order valence-electron chi connectivity index (χ3n) is 6.99. The van der Waals surface area contributed by atoms with Gasteiger partial charge in [0.2, 0.25) is 0 Å². The monoisotopic (exact) mass is 447 g/mol. The summed E-state index contributed by atoms with van der Waals surface area (Å²) < 4.78 is 6.25. The van der Waals surface area contributed by atoms with Crippen molar-refractivity contribution in [3.05, 3.63) is 112 Å². The molecular formula is C31H27O3-. The van der Waals surface area contributed by atoms with Gasteiger partial charge in [-0.2, -0.15) is 0 Å². The average molecular weight is 448 g/mol. The fraction of sp³-hybridized carbons (Fsp3) is 0.194. The van der Waals surface area contributed by atoms with E-state index in [2.05, 4.69) is 57.2 Å². The van der Waals surface area contributed by atoms with Gasteiger partial charge in [-0.3, -0.25) is 0 Å². The minimum absolute atomic E-state index is 0.0193. The van der Waals surface area contributed by atoms with Crippen LogP contribution in [-0.2, 0) is 11.4 Å². The zero-order valence-electron chi connectivity index (χ0n) is 19.7. The summed E-state index contributed by atoms with van der Waals surface area (Å²) in [5, 5.41) is 11.4. The molecule has 0 saturated heterocycles. The molecule has 3 nitrogen and oxygen atoms in total. The van der Waals surface area contributed by atoms with Gasteiger partial charge in [0.15, 0.2) is 0 Å². The number of carboxylic acid groups (broad SMARTS) is 1. The first-order valence-corrected chi connectivity index (χ1v) is 11.6. The molecule has 0 N–H and O–H groups in total. The fourth-order valence-corrected chi connectivity index (χ4v) is 5.27. The van der Waals surface area contributed by atoms with Crippen molar-refractivity contribution < 1.29 is 14.6 Å². The molecule has 0 saturated carbocycles. The van der Waals surface area contributed by atoms with E-state index in [0.29, 0.717) is 6.61 Å². The maximum absolute atomic E-state index is 11.4. The van der Waals surface area contributed by atoms with Crippen LogP contribution >= 0.6 is 0 Å². The molecule has 0 radical (unpaired) electrons. The van der Waals surface area contributed by atoms with Gasteiger partial charge in [-0.05, 0) is 95.0 Å². The molecule has 0 aromatic heterocycles. The summed E-state index contributed by atoms with van der Waals surface area (Å²) in [7, 11) is 0. The molecular weight excluding hydrogens is 420 g/mol. The van der Waals surface area contributed by atoms with E-state index in [0.717, 1.165) is 33.6 Å². The quantitative estimate of drug-likeness (QED) is 0.358. The molecule has 1 atom stereocenters. The number of hydrogen-bond acceptors (Lipinski definition) is 3. The van der Waals surface area contributed by atoms with E-state index in [4.69, 9.17) is 4.74 Å². The van der Waals surface area contributed by atoms with Gasteiger partial charge in [0, 0.05) is 11.9 Å². The van der Waals surface area contributed by atoms with Crippen molar-refractivity contribution in [2.45, 2.75) is 39.7 Å². The Labute approximate surface area is 200 Å². The predicted molar refractivity (Wildman–Crippen MR) is 134 cm³/mol. The second-order valence-corrected chi connectivity index (χ2v) is 9.11. The van der Waals surface area contributed by atoms with Crippen molar-refractivity contribution in [3.63, 3.8) is 0 Å². The van der Waals surface area contributed by atoms with Crippen molar-refractivity contribution in [3.8, 4) is 28.0 Å². The second-order valence-electron chi connectivity index (χ2n) is 9.11. The number of rotatable bonds is 6. The Morgan fingerprint density at radius 1 is 0.794 bits per heavy atom. The van der Waals surface area contributed by atoms with E-state index < -0.39 is 5.97 Å². The van der Waals surface area contributed by atoms with Crippen LogP contribution in [0.25, 0.3) is 22.3 Å². The van der Waals surface area contributed by atoms with Crippen molar-refractivity contribution >= 4 is 5.97 Å². The molecule has 0 heterocycles. The van der Waals surface area contributed by atoms with Crippen LogP contribution in [0.15, 0.2) is 78.9 Å². The molecule has 0 amide bonds. The summed E-state index contributed by atoms with van der Waals surface area (Å²) in [5.74, 6) is -0.437. The number of aryl methyl sites for hydroxylation is 2. The minimum Gasteiger partial charge on any atom is -0.550 e. The van der Waals surface area contributed by atoms with Gasteiger partial charge in [-0.1, -0.05) is 66.7 Å². The van der Waals surface area contributed by atoms with Gasteiger partial charge in [-0.15, -0.1) is 0 Å². The maximum atomic E-state index is 11.4. The van der Waals surface area contributed by atoms with Crippen molar-refractivity contribution in [1.82, 2.24) is 0 Å². The van der Waals surface area contributed by atoms with Crippen LogP contribution in [0.1, 0.15) is 45.7 Å². The first-order chi connectivity index (χ1) is 16.4. The van der Waals surface area contributed by atoms with Crippen molar-refractivity contribution in [1.29, 1.82) is 0 Å². The van der Waals surface area contributed by atoms with E-state index in [9.17, 15) is 9.90 Å². The van der Waals surface area contributed by atoms with Crippen molar-refractivity contribution in [2.24, 2.45) is 0 Å². The van der Waals surface area contributed by atoms with Crippen LogP contribution in [0.3, 0.4) is 0 Å². The SMILES string of the molecule is Cc1cccc(C)c1-c1cccc(COc2ccc3c(c2)-c2ccccc2C3CC(=O)[O-])c1C. The number of carbonyl (C=O) groups excluding carboxylic acids is 1. The predicted octanol–water partition coefficient (Wildman–Crippen LogP) is 6.11. The third kappa shape index (κ3) is 3.88. The van der Waals surface area contributed by atoms with Crippen LogP contribution < -0.4 is 9.84 Å². The number of carboxylic acids is 1. The number of aliphatic carboxylic acids is 1. The lowest BCUT2D eigenvalue weighted by molar-refractivity contribution is -0.305. The molecule has 1 unspecified atom stereocenters. The van der Waals surface area contributed by atoms with Gasteiger partial charge in [0.1, 0.15) is 12.4 Å². The van der Waals surface area contributed by atoms with Crippen LogP contribution in [0.5, 0.6) is 5.75 Å². The van der Waals surface area contributed by atoms with Crippen LogP contribution in [0.2, 0.25) is 0 Å². The van der Waals surface area contributed by atoms with E-state index >= 15 is 0 Å². The highest BCUT2D eigenvalue weighted by Gasteiger charge is 2.28. The molecule has 0 spiro atoms. The molecule has 3 heteroatoms. The normalized spacial score (nSPS) is 13.9. The van der Waals surface area contributed by atoms with Gasteiger partial charge in [0.05, 0.1) is 0 Å². The molecule has 4 aromatic rings. The first-order valence-electron chi connectivity index (χ1n) is 11.6. The third-order valence-corrected chi connectivity index (χ3v) is 6.99. The highest BCUT2D eigenvalue weighted by atomic mass is 16.5. The van der Waals surface area contributed by atoms with E-state index in [-0.39, 0.29) is 12.3 Å². The Bertz CT molecular complexity index is 1380. The topological polar surface area (TPSA) is 49.4 Å². The largest absolute Gasteiger partial charge is 0.550 e. The fourth-order valence-electron chi connectivity index (χ4n) is 5.27. The number of ether oxygens (including phenoxy) is 1. The zero-order chi connectivity index (χ0) is 23.8. The smallest absolute Gasteiger partial charge is 0.120 e. The lowest BCUT2D eigenvalue weighted by atomic mass is 9.91. The van der Waals surface area contributed by atoms with Crippen LogP contribution in [0, 0.1) is 20.8 Å². The number of fused-ring (bicyclic) bond motifs is 3. The van der Waals surface area contributed by atoms with Gasteiger partial charge in [-0.25, -0.2) is 0 Å². The van der Waals surface area contributed by atoms with E-state index in [1.807, 2.05) is 42.5 Å². The lowest BCUT2D eigenvalue weighted by Crippen LogP contribution is -2.24. The molecule has 170 valence electrons. The molecule has 5 rings (SSSR count). The number of benzene rings is 4. The highest BCUT2D eigenvalue weighted by molar-refractivity contribution is 5.82. The molecule has 1 aliphatic carbocycles. The van der Waals surface area contributed by atoms with Gasteiger partial charge >= 0.3 is 0 Å². The molecule has 0 fully saturated rings. The first kappa shape index (κ1) is 22.0. The molecule has 4 aromatic carbocycles.